The van der Waals surface area contributed by atoms with Crippen LogP contribution in [0.1, 0.15) is 21.5 Å². The average Bonchev–Trinajstić information content (AvgIpc) is 2.44. The monoisotopic (exact) mass is 252 g/mol. The first-order valence-corrected chi connectivity index (χ1v) is 6.18. The van der Waals surface area contributed by atoms with Crippen molar-refractivity contribution in [3.05, 3.63) is 71.3 Å². The van der Waals surface area contributed by atoms with E-state index in [9.17, 15) is 4.79 Å². The van der Waals surface area contributed by atoms with Gasteiger partial charge < -0.3 is 0 Å². The minimum Gasteiger partial charge on any atom is -0.267 e. The Morgan fingerprint density at radius 3 is 2.68 bits per heavy atom. The Balaban J connectivity index is 1.87. The minimum atomic E-state index is -0.187. The highest BCUT2D eigenvalue weighted by molar-refractivity contribution is 5.94. The molecule has 2 rings (SSSR count). The number of hydrazone groups is 1. The molecule has 0 spiro atoms. The maximum Gasteiger partial charge on any atom is 0.271 e. The lowest BCUT2D eigenvalue weighted by Crippen LogP contribution is -2.17. The third-order valence-electron chi connectivity index (χ3n) is 2.71. The van der Waals surface area contributed by atoms with Crippen LogP contribution in [-0.2, 0) is 6.42 Å². The fraction of sp³-hybridized carbons (Fsp3) is 0.125. The van der Waals surface area contributed by atoms with Crippen LogP contribution in [0.25, 0.3) is 0 Å². The van der Waals surface area contributed by atoms with Crippen LogP contribution >= 0.6 is 0 Å². The number of benzene rings is 2. The summed E-state index contributed by atoms with van der Waals surface area (Å²) >= 11 is 0. The summed E-state index contributed by atoms with van der Waals surface area (Å²) in [7, 11) is 0. The van der Waals surface area contributed by atoms with Gasteiger partial charge in [-0.25, -0.2) is 5.43 Å². The number of nitrogens with one attached hydrogen (secondary N) is 1. The SMILES string of the molecule is Cc1cccc(C(=O)N/N=C/Cc2ccccc2)c1. The molecule has 0 saturated heterocycles. The summed E-state index contributed by atoms with van der Waals surface area (Å²) < 4.78 is 0. The molecule has 2 aromatic rings. The Bertz CT molecular complexity index is 576. The van der Waals surface area contributed by atoms with Gasteiger partial charge >= 0.3 is 0 Å². The number of carbonyl (C=O) groups excluding carboxylic acids is 1. The van der Waals surface area contributed by atoms with Crippen LogP contribution in [0, 0.1) is 6.92 Å². The molecule has 0 fully saturated rings. The number of rotatable bonds is 4. The van der Waals surface area contributed by atoms with Crippen LogP contribution in [0.3, 0.4) is 0 Å². The number of aryl methyl sites for hydroxylation is 1. The lowest BCUT2D eigenvalue weighted by Gasteiger charge is -2.00. The zero-order chi connectivity index (χ0) is 13.5. The molecule has 0 saturated carbocycles. The molecule has 1 N–H and O–H groups in total. The summed E-state index contributed by atoms with van der Waals surface area (Å²) in [6.07, 6.45) is 2.40. The van der Waals surface area contributed by atoms with Crippen LogP contribution in [0.4, 0.5) is 0 Å². The van der Waals surface area contributed by atoms with Crippen molar-refractivity contribution in [3.8, 4) is 0 Å². The average molecular weight is 252 g/mol. The molecule has 0 aliphatic carbocycles. The predicted molar refractivity (Wildman–Crippen MR) is 77.3 cm³/mol. The van der Waals surface area contributed by atoms with Crippen LogP contribution in [0.15, 0.2) is 59.7 Å². The van der Waals surface area contributed by atoms with Gasteiger partial charge in [-0.1, -0.05) is 48.0 Å². The van der Waals surface area contributed by atoms with E-state index in [0.717, 1.165) is 11.1 Å². The van der Waals surface area contributed by atoms with Gasteiger partial charge in [-0.15, -0.1) is 0 Å². The van der Waals surface area contributed by atoms with Crippen molar-refractivity contribution < 1.29 is 4.79 Å². The summed E-state index contributed by atoms with van der Waals surface area (Å²) in [6.45, 7) is 1.95. The molecule has 0 heterocycles. The van der Waals surface area contributed by atoms with Gasteiger partial charge in [0, 0.05) is 18.2 Å². The Morgan fingerprint density at radius 1 is 1.16 bits per heavy atom. The van der Waals surface area contributed by atoms with Gasteiger partial charge in [0.05, 0.1) is 0 Å². The first kappa shape index (κ1) is 13.0. The highest BCUT2D eigenvalue weighted by Crippen LogP contribution is 2.03. The summed E-state index contributed by atoms with van der Waals surface area (Å²) in [5, 5.41) is 3.95. The molecule has 96 valence electrons. The van der Waals surface area contributed by atoms with Crippen molar-refractivity contribution >= 4 is 12.1 Å². The quantitative estimate of drug-likeness (QED) is 0.659. The summed E-state index contributed by atoms with van der Waals surface area (Å²) in [6, 6.07) is 17.4. The van der Waals surface area contributed by atoms with E-state index in [4.69, 9.17) is 0 Å². The third kappa shape index (κ3) is 4.07. The second-order valence-electron chi connectivity index (χ2n) is 4.31. The number of amides is 1. The van der Waals surface area contributed by atoms with E-state index in [1.807, 2.05) is 55.5 Å². The van der Waals surface area contributed by atoms with Crippen molar-refractivity contribution in [3.63, 3.8) is 0 Å². The maximum absolute atomic E-state index is 11.8. The molecule has 0 unspecified atom stereocenters. The van der Waals surface area contributed by atoms with E-state index in [2.05, 4.69) is 10.5 Å². The molecule has 3 heteroatoms. The lowest BCUT2D eigenvalue weighted by atomic mass is 10.1. The molecule has 2 aromatic carbocycles. The third-order valence-corrected chi connectivity index (χ3v) is 2.71. The second-order valence-corrected chi connectivity index (χ2v) is 4.31. The Labute approximate surface area is 113 Å². The first-order chi connectivity index (χ1) is 9.25. The van der Waals surface area contributed by atoms with Crippen molar-refractivity contribution in [2.75, 3.05) is 0 Å². The minimum absolute atomic E-state index is 0.187. The number of hydrogen-bond donors (Lipinski definition) is 1. The van der Waals surface area contributed by atoms with Gasteiger partial charge in [-0.2, -0.15) is 5.10 Å². The molecule has 3 nitrogen and oxygen atoms in total. The Hall–Kier alpha value is -2.42. The van der Waals surface area contributed by atoms with Gasteiger partial charge in [-0.05, 0) is 24.6 Å². The van der Waals surface area contributed by atoms with Crippen LogP contribution in [0.2, 0.25) is 0 Å². The van der Waals surface area contributed by atoms with E-state index >= 15 is 0 Å². The van der Waals surface area contributed by atoms with Crippen molar-refractivity contribution in [1.29, 1.82) is 0 Å². The van der Waals surface area contributed by atoms with E-state index in [-0.39, 0.29) is 5.91 Å². The van der Waals surface area contributed by atoms with Crippen LogP contribution < -0.4 is 5.43 Å². The fourth-order valence-electron chi connectivity index (χ4n) is 1.72. The molecule has 0 aliphatic rings. The van der Waals surface area contributed by atoms with E-state index in [1.54, 1.807) is 12.3 Å². The van der Waals surface area contributed by atoms with Gasteiger partial charge in [-0.3, -0.25) is 4.79 Å². The van der Waals surface area contributed by atoms with E-state index in [0.29, 0.717) is 12.0 Å². The zero-order valence-electron chi connectivity index (χ0n) is 10.8. The predicted octanol–water partition coefficient (Wildman–Crippen LogP) is 2.95. The standard InChI is InChI=1S/C16H16N2O/c1-13-6-5-9-15(12-13)16(19)18-17-11-10-14-7-3-2-4-8-14/h2-9,11-12H,10H2,1H3,(H,18,19)/b17-11+. The molecule has 0 atom stereocenters. The molecule has 0 aromatic heterocycles. The number of carbonyl (C=O) groups is 1. The largest absolute Gasteiger partial charge is 0.271 e. The Kier molecular flexibility index (Phi) is 4.45. The van der Waals surface area contributed by atoms with Crippen LogP contribution in [-0.4, -0.2) is 12.1 Å². The van der Waals surface area contributed by atoms with Crippen molar-refractivity contribution in [1.82, 2.24) is 5.43 Å². The Morgan fingerprint density at radius 2 is 1.95 bits per heavy atom. The number of nitrogens with zero attached hydrogens (tertiary/aromatic N) is 1. The smallest absolute Gasteiger partial charge is 0.267 e. The molecule has 0 radical (unpaired) electrons. The van der Waals surface area contributed by atoms with Crippen molar-refractivity contribution in [2.24, 2.45) is 5.10 Å². The van der Waals surface area contributed by atoms with Gasteiger partial charge in [0.15, 0.2) is 0 Å². The maximum atomic E-state index is 11.8. The molecular weight excluding hydrogens is 236 g/mol. The second kappa shape index (κ2) is 6.50. The molecule has 0 bridgehead atoms. The molecular formula is C16H16N2O. The van der Waals surface area contributed by atoms with E-state index < -0.39 is 0 Å². The normalized spacial score (nSPS) is 10.6. The molecule has 19 heavy (non-hydrogen) atoms. The zero-order valence-corrected chi connectivity index (χ0v) is 10.8. The topological polar surface area (TPSA) is 41.5 Å². The summed E-state index contributed by atoms with van der Waals surface area (Å²) in [5.41, 5.74) is 5.37. The molecule has 0 aliphatic heterocycles. The van der Waals surface area contributed by atoms with Gasteiger partial charge in [0.2, 0.25) is 0 Å². The fourth-order valence-corrected chi connectivity index (χ4v) is 1.72. The highest BCUT2D eigenvalue weighted by Gasteiger charge is 2.02. The first-order valence-electron chi connectivity index (χ1n) is 6.18. The van der Waals surface area contributed by atoms with Gasteiger partial charge in [0.25, 0.3) is 5.91 Å². The molecule has 1 amide bonds. The van der Waals surface area contributed by atoms with Crippen molar-refractivity contribution in [2.45, 2.75) is 13.3 Å². The van der Waals surface area contributed by atoms with Crippen LogP contribution in [0.5, 0.6) is 0 Å². The van der Waals surface area contributed by atoms with Gasteiger partial charge in [0.1, 0.15) is 0 Å². The number of hydrogen-bond acceptors (Lipinski definition) is 2. The lowest BCUT2D eigenvalue weighted by molar-refractivity contribution is 0.0955. The highest BCUT2D eigenvalue weighted by atomic mass is 16.2. The van der Waals surface area contributed by atoms with E-state index in [1.165, 1.54) is 0 Å². The summed E-state index contributed by atoms with van der Waals surface area (Å²) in [5.74, 6) is -0.187. The summed E-state index contributed by atoms with van der Waals surface area (Å²) in [4.78, 5) is 11.8.